The van der Waals surface area contributed by atoms with E-state index in [-0.39, 0.29) is 0 Å². The van der Waals surface area contributed by atoms with Crippen LogP contribution < -0.4 is 18.9 Å². The number of carbonyl (C=O) groups excluding carboxylic acids is 1. The summed E-state index contributed by atoms with van der Waals surface area (Å²) in [6, 6.07) is 22.1. The molecule has 3 aromatic rings. The van der Waals surface area contributed by atoms with Crippen molar-refractivity contribution < 1.29 is 23.7 Å². The number of carbonyl (C=O) groups is 1. The van der Waals surface area contributed by atoms with Gasteiger partial charge in [0, 0.05) is 0 Å². The van der Waals surface area contributed by atoms with E-state index in [1.807, 2.05) is 42.5 Å². The lowest BCUT2D eigenvalue weighted by Crippen LogP contribution is -2.08. The van der Waals surface area contributed by atoms with Crippen LogP contribution in [0.15, 0.2) is 79.4 Å². The molecule has 0 heterocycles. The van der Waals surface area contributed by atoms with Crippen molar-refractivity contribution in [3.8, 4) is 23.0 Å². The molecule has 202 valence electrons. The summed E-state index contributed by atoms with van der Waals surface area (Å²) in [6.07, 6.45) is 12.7. The van der Waals surface area contributed by atoms with Crippen LogP contribution in [0, 0.1) is 0 Å². The second-order valence-corrected chi connectivity index (χ2v) is 9.24. The second-order valence-electron chi connectivity index (χ2n) is 9.24. The van der Waals surface area contributed by atoms with E-state index in [0.717, 1.165) is 36.5 Å². The first-order valence-electron chi connectivity index (χ1n) is 13.6. The first kappa shape index (κ1) is 28.8. The Morgan fingerprint density at radius 1 is 0.605 bits per heavy atom. The van der Waals surface area contributed by atoms with Crippen LogP contribution in [0.2, 0.25) is 0 Å². The van der Waals surface area contributed by atoms with Gasteiger partial charge in [-0.05, 0) is 79.1 Å². The zero-order valence-electron chi connectivity index (χ0n) is 22.5. The van der Waals surface area contributed by atoms with Crippen molar-refractivity contribution in [3.63, 3.8) is 0 Å². The number of hydrogen-bond donors (Lipinski definition) is 0. The zero-order chi connectivity index (χ0) is 26.8. The highest BCUT2D eigenvalue weighted by Crippen LogP contribution is 2.20. The lowest BCUT2D eigenvalue weighted by Gasteiger charge is -2.08. The van der Waals surface area contributed by atoms with E-state index in [1.165, 1.54) is 44.9 Å². The van der Waals surface area contributed by atoms with Crippen LogP contribution in [0.3, 0.4) is 0 Å². The highest BCUT2D eigenvalue weighted by molar-refractivity contribution is 5.91. The molecule has 0 amide bonds. The van der Waals surface area contributed by atoms with Crippen molar-refractivity contribution in [2.24, 2.45) is 0 Å². The van der Waals surface area contributed by atoms with Gasteiger partial charge in [-0.2, -0.15) is 0 Å². The van der Waals surface area contributed by atoms with Crippen molar-refractivity contribution in [2.75, 3.05) is 20.3 Å². The Hall–Kier alpha value is -3.73. The number of methoxy groups -OCH3 is 1. The Bertz CT molecular complexity index is 1070. The standard InChI is InChI=1S/C33H40O5/c1-3-27-13-17-30(18-14-27)36-25-11-9-7-5-4-6-8-10-12-26-37-31-19-15-28(16-20-31)33(34)38-32-23-21-29(35-2)22-24-32/h3,13-24H,1,4-12,25-26H2,2H3. The number of ether oxygens (including phenoxy) is 4. The Labute approximate surface area is 227 Å². The van der Waals surface area contributed by atoms with Crippen LogP contribution in [0.1, 0.15) is 73.7 Å². The van der Waals surface area contributed by atoms with Crippen LogP contribution in [-0.2, 0) is 0 Å². The molecule has 0 fully saturated rings. The summed E-state index contributed by atoms with van der Waals surface area (Å²) < 4.78 is 22.1. The van der Waals surface area contributed by atoms with Gasteiger partial charge >= 0.3 is 5.97 Å². The van der Waals surface area contributed by atoms with Crippen molar-refractivity contribution in [2.45, 2.75) is 57.8 Å². The van der Waals surface area contributed by atoms with E-state index in [9.17, 15) is 4.79 Å². The Morgan fingerprint density at radius 3 is 1.50 bits per heavy atom. The quantitative estimate of drug-likeness (QED) is 0.0963. The van der Waals surface area contributed by atoms with Gasteiger partial charge in [0.1, 0.15) is 23.0 Å². The van der Waals surface area contributed by atoms with E-state index < -0.39 is 5.97 Å². The molecule has 38 heavy (non-hydrogen) atoms. The molecule has 3 rings (SSSR count). The molecule has 5 nitrogen and oxygen atoms in total. The lowest BCUT2D eigenvalue weighted by atomic mass is 10.1. The first-order valence-corrected chi connectivity index (χ1v) is 13.6. The minimum atomic E-state index is -0.398. The molecule has 0 N–H and O–H groups in total. The number of unbranched alkanes of at least 4 members (excludes halogenated alkanes) is 8. The predicted molar refractivity (Wildman–Crippen MR) is 153 cm³/mol. The number of esters is 1. The average Bonchev–Trinajstić information content (AvgIpc) is 2.96. The normalized spacial score (nSPS) is 10.6. The third kappa shape index (κ3) is 10.7. The Kier molecular flexibility index (Phi) is 12.8. The summed E-state index contributed by atoms with van der Waals surface area (Å²) in [4.78, 5) is 12.3. The van der Waals surface area contributed by atoms with Crippen LogP contribution >= 0.6 is 0 Å². The number of benzene rings is 3. The van der Waals surface area contributed by atoms with E-state index in [0.29, 0.717) is 23.7 Å². The smallest absolute Gasteiger partial charge is 0.343 e. The summed E-state index contributed by atoms with van der Waals surface area (Å²) in [6.45, 7) is 5.23. The van der Waals surface area contributed by atoms with Gasteiger partial charge in [0.25, 0.3) is 0 Å². The van der Waals surface area contributed by atoms with Crippen LogP contribution in [-0.4, -0.2) is 26.3 Å². The molecular formula is C33H40O5. The SMILES string of the molecule is C=Cc1ccc(OCCCCCCCCCCCOc2ccc(C(=O)Oc3ccc(OC)cc3)cc2)cc1. The van der Waals surface area contributed by atoms with Gasteiger partial charge in [-0.3, -0.25) is 0 Å². The summed E-state index contributed by atoms with van der Waals surface area (Å²) in [5, 5.41) is 0. The molecule has 0 saturated heterocycles. The Balaban J connectivity index is 1.15. The van der Waals surface area contributed by atoms with E-state index in [4.69, 9.17) is 18.9 Å². The summed E-state index contributed by atoms with van der Waals surface area (Å²) in [5.41, 5.74) is 1.60. The van der Waals surface area contributed by atoms with Gasteiger partial charge in [-0.25, -0.2) is 4.79 Å². The van der Waals surface area contributed by atoms with Gasteiger partial charge in [0.15, 0.2) is 0 Å². The molecule has 5 heteroatoms. The van der Waals surface area contributed by atoms with Gasteiger partial charge in [-0.15, -0.1) is 0 Å². The Morgan fingerprint density at radius 2 is 1.03 bits per heavy atom. The summed E-state index contributed by atoms with van der Waals surface area (Å²) in [7, 11) is 1.60. The number of rotatable bonds is 18. The topological polar surface area (TPSA) is 54.0 Å². The summed E-state index contributed by atoms with van der Waals surface area (Å²) in [5.74, 6) is 2.49. The highest BCUT2D eigenvalue weighted by atomic mass is 16.5. The zero-order valence-corrected chi connectivity index (χ0v) is 22.5. The van der Waals surface area contributed by atoms with Crippen molar-refractivity contribution >= 4 is 12.0 Å². The molecule has 0 aliphatic heterocycles. The van der Waals surface area contributed by atoms with Crippen LogP contribution in [0.4, 0.5) is 0 Å². The monoisotopic (exact) mass is 516 g/mol. The maximum Gasteiger partial charge on any atom is 0.343 e. The molecule has 0 spiro atoms. The molecule has 3 aromatic carbocycles. The molecule has 0 unspecified atom stereocenters. The van der Waals surface area contributed by atoms with Gasteiger partial charge in [0.2, 0.25) is 0 Å². The molecular weight excluding hydrogens is 476 g/mol. The van der Waals surface area contributed by atoms with Gasteiger partial charge in [-0.1, -0.05) is 69.7 Å². The molecule has 0 aliphatic carbocycles. The average molecular weight is 517 g/mol. The molecule has 0 radical (unpaired) electrons. The molecule has 0 bridgehead atoms. The van der Waals surface area contributed by atoms with Crippen LogP contribution in [0.25, 0.3) is 6.08 Å². The maximum absolute atomic E-state index is 12.3. The molecule has 0 saturated carbocycles. The fraction of sp³-hybridized carbons (Fsp3) is 0.364. The lowest BCUT2D eigenvalue weighted by molar-refractivity contribution is 0.0734. The molecule has 0 aliphatic rings. The summed E-state index contributed by atoms with van der Waals surface area (Å²) >= 11 is 0. The molecule has 0 atom stereocenters. The van der Waals surface area contributed by atoms with Crippen molar-refractivity contribution in [1.29, 1.82) is 0 Å². The van der Waals surface area contributed by atoms with Crippen molar-refractivity contribution in [3.05, 3.63) is 90.5 Å². The fourth-order valence-electron chi connectivity index (χ4n) is 4.02. The maximum atomic E-state index is 12.3. The highest BCUT2D eigenvalue weighted by Gasteiger charge is 2.09. The minimum absolute atomic E-state index is 0.398. The van der Waals surface area contributed by atoms with Gasteiger partial charge < -0.3 is 18.9 Å². The third-order valence-electron chi connectivity index (χ3n) is 6.30. The number of hydrogen-bond acceptors (Lipinski definition) is 5. The van der Waals surface area contributed by atoms with Crippen molar-refractivity contribution in [1.82, 2.24) is 0 Å². The minimum Gasteiger partial charge on any atom is -0.497 e. The first-order chi connectivity index (χ1) is 18.7. The fourth-order valence-corrected chi connectivity index (χ4v) is 4.02. The van der Waals surface area contributed by atoms with E-state index in [1.54, 1.807) is 43.5 Å². The second kappa shape index (κ2) is 16.9. The van der Waals surface area contributed by atoms with E-state index in [2.05, 4.69) is 6.58 Å². The van der Waals surface area contributed by atoms with Gasteiger partial charge in [0.05, 0.1) is 25.9 Å². The predicted octanol–water partition coefficient (Wildman–Crippen LogP) is 8.53. The van der Waals surface area contributed by atoms with Crippen LogP contribution in [0.5, 0.6) is 23.0 Å². The largest absolute Gasteiger partial charge is 0.497 e. The molecule has 0 aromatic heterocycles. The van der Waals surface area contributed by atoms with E-state index >= 15 is 0 Å². The third-order valence-corrected chi connectivity index (χ3v) is 6.30.